The van der Waals surface area contributed by atoms with Crippen LogP contribution in [0.1, 0.15) is 30.3 Å². The summed E-state index contributed by atoms with van der Waals surface area (Å²) in [6, 6.07) is 3.79. The third-order valence-electron chi connectivity index (χ3n) is 3.28. The number of nitrogens with one attached hydrogen (secondary N) is 2. The number of fused-ring (bicyclic) bond motifs is 1. The first kappa shape index (κ1) is 10.5. The van der Waals surface area contributed by atoms with Gasteiger partial charge in [-0.1, -0.05) is 0 Å². The maximum absolute atomic E-state index is 5.29. The van der Waals surface area contributed by atoms with Crippen LogP contribution in [0.25, 0.3) is 11.2 Å². The zero-order valence-corrected chi connectivity index (χ0v) is 10.3. The van der Waals surface area contributed by atoms with Crippen molar-refractivity contribution in [2.45, 2.75) is 25.3 Å². The zero-order valence-electron chi connectivity index (χ0n) is 10.3. The highest BCUT2D eigenvalue weighted by atomic mass is 16.3. The smallest absolute Gasteiger partial charge is 0.163 e. The van der Waals surface area contributed by atoms with Gasteiger partial charge in [0.05, 0.1) is 12.8 Å². The second-order valence-electron chi connectivity index (χ2n) is 4.75. The van der Waals surface area contributed by atoms with Gasteiger partial charge in [0.25, 0.3) is 0 Å². The first-order chi connectivity index (χ1) is 9.40. The molecule has 1 aliphatic carbocycles. The average Bonchev–Trinajstić information content (AvgIpc) is 2.99. The second-order valence-corrected chi connectivity index (χ2v) is 4.75. The molecule has 1 fully saturated rings. The molecule has 0 saturated heterocycles. The Bertz CT molecular complexity index is 699. The molecule has 6 nitrogen and oxygen atoms in total. The molecule has 4 rings (SSSR count). The summed E-state index contributed by atoms with van der Waals surface area (Å²) in [7, 11) is 0. The van der Waals surface area contributed by atoms with Gasteiger partial charge in [0, 0.05) is 5.92 Å². The summed E-state index contributed by atoms with van der Waals surface area (Å²) in [5, 5.41) is 3.24. The van der Waals surface area contributed by atoms with E-state index in [0.717, 1.165) is 28.6 Å². The highest BCUT2D eigenvalue weighted by Crippen LogP contribution is 2.39. The van der Waals surface area contributed by atoms with Gasteiger partial charge in [0.15, 0.2) is 17.0 Å². The minimum Gasteiger partial charge on any atom is -0.467 e. The number of aromatic amines is 1. The Morgan fingerprint density at radius 1 is 1.37 bits per heavy atom. The van der Waals surface area contributed by atoms with Crippen LogP contribution >= 0.6 is 0 Å². The predicted octanol–water partition coefficient (Wildman–Crippen LogP) is 2.44. The van der Waals surface area contributed by atoms with Crippen molar-refractivity contribution in [3.63, 3.8) is 0 Å². The lowest BCUT2D eigenvalue weighted by molar-refractivity contribution is 0.518. The number of furan rings is 1. The molecular weight excluding hydrogens is 242 g/mol. The zero-order chi connectivity index (χ0) is 12.7. The number of H-pyrrole nitrogens is 1. The number of anilines is 1. The summed E-state index contributed by atoms with van der Waals surface area (Å²) in [6.45, 7) is 0.588. The summed E-state index contributed by atoms with van der Waals surface area (Å²) >= 11 is 0. The van der Waals surface area contributed by atoms with Crippen LogP contribution in [-0.4, -0.2) is 19.9 Å². The van der Waals surface area contributed by atoms with Crippen LogP contribution in [0.5, 0.6) is 0 Å². The first-order valence-electron chi connectivity index (χ1n) is 6.37. The van der Waals surface area contributed by atoms with Gasteiger partial charge in [-0.3, -0.25) is 0 Å². The van der Waals surface area contributed by atoms with E-state index in [2.05, 4.69) is 25.3 Å². The van der Waals surface area contributed by atoms with E-state index in [1.54, 1.807) is 12.6 Å². The van der Waals surface area contributed by atoms with Crippen LogP contribution in [0.15, 0.2) is 29.1 Å². The summed E-state index contributed by atoms with van der Waals surface area (Å²) in [6.07, 6.45) is 5.62. The summed E-state index contributed by atoms with van der Waals surface area (Å²) in [5.74, 6) is 3.21. The molecule has 1 saturated carbocycles. The fourth-order valence-electron chi connectivity index (χ4n) is 2.11. The van der Waals surface area contributed by atoms with E-state index in [0.29, 0.717) is 12.5 Å². The molecule has 0 radical (unpaired) electrons. The Morgan fingerprint density at radius 3 is 3.11 bits per heavy atom. The van der Waals surface area contributed by atoms with Crippen molar-refractivity contribution in [3.8, 4) is 0 Å². The fraction of sp³-hybridized carbons (Fsp3) is 0.308. The van der Waals surface area contributed by atoms with E-state index in [4.69, 9.17) is 4.42 Å². The third kappa shape index (κ3) is 1.95. The van der Waals surface area contributed by atoms with Crippen molar-refractivity contribution < 1.29 is 4.42 Å². The number of aromatic nitrogens is 4. The van der Waals surface area contributed by atoms with Gasteiger partial charge >= 0.3 is 0 Å². The van der Waals surface area contributed by atoms with Crippen molar-refractivity contribution in [3.05, 3.63) is 36.3 Å². The van der Waals surface area contributed by atoms with Crippen molar-refractivity contribution in [1.82, 2.24) is 19.9 Å². The lowest BCUT2D eigenvalue weighted by atomic mass is 10.4. The molecule has 0 spiro atoms. The summed E-state index contributed by atoms with van der Waals surface area (Å²) in [4.78, 5) is 16.3. The molecule has 2 N–H and O–H groups in total. The van der Waals surface area contributed by atoms with Crippen molar-refractivity contribution in [2.24, 2.45) is 0 Å². The van der Waals surface area contributed by atoms with E-state index >= 15 is 0 Å². The maximum atomic E-state index is 5.29. The lowest BCUT2D eigenvalue weighted by Gasteiger charge is -2.02. The van der Waals surface area contributed by atoms with Gasteiger partial charge in [0.2, 0.25) is 0 Å². The van der Waals surface area contributed by atoms with E-state index in [9.17, 15) is 0 Å². The monoisotopic (exact) mass is 255 g/mol. The molecule has 0 unspecified atom stereocenters. The third-order valence-corrected chi connectivity index (χ3v) is 3.28. The van der Waals surface area contributed by atoms with Crippen molar-refractivity contribution in [1.29, 1.82) is 0 Å². The van der Waals surface area contributed by atoms with Gasteiger partial charge in [-0.15, -0.1) is 0 Å². The molecule has 0 bridgehead atoms. The maximum Gasteiger partial charge on any atom is 0.163 e. The predicted molar refractivity (Wildman–Crippen MR) is 69.7 cm³/mol. The molecule has 96 valence electrons. The standard InChI is InChI=1S/C13H13N5O/c1-2-9(19-5-1)6-14-12-10-13(16-7-15-12)18-11(17-10)8-3-4-8/h1-2,5,7-8H,3-4,6H2,(H2,14,15,16,17,18). The van der Waals surface area contributed by atoms with Gasteiger partial charge in [0.1, 0.15) is 17.9 Å². The molecular formula is C13H13N5O. The summed E-state index contributed by atoms with van der Waals surface area (Å²) < 4.78 is 5.29. The van der Waals surface area contributed by atoms with Crippen molar-refractivity contribution in [2.75, 3.05) is 5.32 Å². The van der Waals surface area contributed by atoms with E-state index in [1.165, 1.54) is 12.8 Å². The Morgan fingerprint density at radius 2 is 2.32 bits per heavy atom. The van der Waals surface area contributed by atoms with Gasteiger partial charge in [-0.05, 0) is 25.0 Å². The fourth-order valence-corrected chi connectivity index (χ4v) is 2.11. The lowest BCUT2D eigenvalue weighted by Crippen LogP contribution is -2.01. The normalized spacial score (nSPS) is 14.9. The molecule has 3 heterocycles. The molecule has 19 heavy (non-hydrogen) atoms. The van der Waals surface area contributed by atoms with Gasteiger partial charge < -0.3 is 14.7 Å². The van der Waals surface area contributed by atoms with E-state index in [1.807, 2.05) is 12.1 Å². The highest BCUT2D eigenvalue weighted by Gasteiger charge is 2.27. The summed E-state index contributed by atoms with van der Waals surface area (Å²) in [5.41, 5.74) is 1.59. The first-order valence-corrected chi connectivity index (χ1v) is 6.37. The van der Waals surface area contributed by atoms with E-state index < -0.39 is 0 Å². The van der Waals surface area contributed by atoms with Crippen LogP contribution in [-0.2, 0) is 6.54 Å². The molecule has 6 heteroatoms. The highest BCUT2D eigenvalue weighted by molar-refractivity contribution is 5.82. The van der Waals surface area contributed by atoms with Crippen LogP contribution < -0.4 is 5.32 Å². The Hall–Kier alpha value is -2.37. The number of imidazole rings is 1. The molecule has 0 atom stereocenters. The number of rotatable bonds is 4. The molecule has 0 aliphatic heterocycles. The second kappa shape index (κ2) is 4.08. The largest absolute Gasteiger partial charge is 0.467 e. The Kier molecular flexibility index (Phi) is 2.26. The van der Waals surface area contributed by atoms with E-state index in [-0.39, 0.29) is 0 Å². The minimum atomic E-state index is 0.576. The van der Waals surface area contributed by atoms with Crippen molar-refractivity contribution >= 4 is 17.0 Å². The number of nitrogens with zero attached hydrogens (tertiary/aromatic N) is 3. The molecule has 0 amide bonds. The quantitative estimate of drug-likeness (QED) is 0.748. The van der Waals surface area contributed by atoms with Gasteiger partial charge in [-0.2, -0.15) is 0 Å². The number of hydrogen-bond acceptors (Lipinski definition) is 5. The molecule has 0 aromatic carbocycles. The molecule has 1 aliphatic rings. The van der Waals surface area contributed by atoms with Crippen LogP contribution in [0, 0.1) is 0 Å². The van der Waals surface area contributed by atoms with Crippen LogP contribution in [0.3, 0.4) is 0 Å². The number of hydrogen-bond donors (Lipinski definition) is 2. The van der Waals surface area contributed by atoms with Crippen LogP contribution in [0.2, 0.25) is 0 Å². The topological polar surface area (TPSA) is 79.6 Å². The Labute approximate surface area is 109 Å². The van der Waals surface area contributed by atoms with Crippen LogP contribution in [0.4, 0.5) is 5.82 Å². The average molecular weight is 255 g/mol. The van der Waals surface area contributed by atoms with Gasteiger partial charge in [-0.25, -0.2) is 15.0 Å². The molecule has 3 aromatic heterocycles. The Balaban J connectivity index is 1.64. The molecule has 3 aromatic rings. The SMILES string of the molecule is c1coc(CNc2ncnc3[nH]c(C4CC4)nc23)c1. The minimum absolute atomic E-state index is 0.576.